The molecule has 0 saturated heterocycles. The van der Waals surface area contributed by atoms with E-state index in [-0.39, 0.29) is 0 Å². The van der Waals surface area contributed by atoms with Crippen LogP contribution in [-0.2, 0) is 4.74 Å². The molecule has 0 heterocycles. The number of rotatable bonds is 1. The largest absolute Gasteiger partial charge is 0.381 e. The summed E-state index contributed by atoms with van der Waals surface area (Å²) in [7, 11) is 1.80. The summed E-state index contributed by atoms with van der Waals surface area (Å²) in [6, 6.07) is 0. The number of hydrogen-bond donors (Lipinski definition) is 0. The lowest BCUT2D eigenvalue weighted by Crippen LogP contribution is -2.17. The zero-order valence-corrected chi connectivity index (χ0v) is 7.54. The van der Waals surface area contributed by atoms with Crippen molar-refractivity contribution in [2.45, 2.75) is 17.4 Å². The fraction of sp³-hybridized carbons (Fsp3) is 0.750. The maximum absolute atomic E-state index is 5.33. The predicted octanol–water partition coefficient (Wildman–Crippen LogP) is 1.97. The van der Waals surface area contributed by atoms with Gasteiger partial charge in [-0.05, 0) is 12.3 Å². The summed E-state index contributed by atoms with van der Waals surface area (Å²) < 4.78 is 5.33. The Morgan fingerprint density at radius 2 is 2.30 bits per heavy atom. The smallest absolute Gasteiger partial charge is 0.0650 e. The Morgan fingerprint density at radius 1 is 1.50 bits per heavy atom. The first-order valence-electron chi connectivity index (χ1n) is 3.68. The van der Waals surface area contributed by atoms with Gasteiger partial charge in [0.2, 0.25) is 0 Å². The van der Waals surface area contributed by atoms with E-state index < -0.39 is 0 Å². The average Bonchev–Trinajstić information content (AvgIpc) is 2.46. The van der Waals surface area contributed by atoms with Crippen LogP contribution in [0.25, 0.3) is 0 Å². The highest BCUT2D eigenvalue weighted by atomic mass is 79.9. The highest BCUT2D eigenvalue weighted by Gasteiger charge is 2.43. The van der Waals surface area contributed by atoms with Crippen molar-refractivity contribution in [3.63, 3.8) is 0 Å². The van der Waals surface area contributed by atoms with E-state index >= 15 is 0 Å². The summed E-state index contributed by atoms with van der Waals surface area (Å²) in [4.78, 5) is 0.650. The van der Waals surface area contributed by atoms with Crippen molar-refractivity contribution in [1.82, 2.24) is 0 Å². The van der Waals surface area contributed by atoms with Crippen LogP contribution in [0.15, 0.2) is 12.2 Å². The van der Waals surface area contributed by atoms with Gasteiger partial charge in [-0.15, -0.1) is 0 Å². The number of fused-ring (bicyclic) bond motifs is 2. The van der Waals surface area contributed by atoms with Gasteiger partial charge < -0.3 is 4.74 Å². The number of methoxy groups -OCH3 is 1. The molecule has 2 aliphatic carbocycles. The third kappa shape index (κ3) is 0.785. The van der Waals surface area contributed by atoms with Crippen molar-refractivity contribution in [3.05, 3.63) is 12.2 Å². The molecule has 10 heavy (non-hydrogen) atoms. The predicted molar refractivity (Wildman–Crippen MR) is 44.2 cm³/mol. The van der Waals surface area contributed by atoms with Crippen LogP contribution in [0.5, 0.6) is 0 Å². The van der Waals surface area contributed by atoms with Gasteiger partial charge in [0.05, 0.1) is 6.10 Å². The number of allylic oxidation sites excluding steroid dienone is 1. The van der Waals surface area contributed by atoms with Crippen LogP contribution in [0.2, 0.25) is 0 Å². The summed E-state index contributed by atoms with van der Waals surface area (Å²) in [5, 5.41) is 0. The molecule has 56 valence electrons. The van der Waals surface area contributed by atoms with Crippen LogP contribution < -0.4 is 0 Å². The second-order valence-electron chi connectivity index (χ2n) is 3.08. The van der Waals surface area contributed by atoms with Crippen molar-refractivity contribution in [2.24, 2.45) is 11.8 Å². The van der Waals surface area contributed by atoms with E-state index in [4.69, 9.17) is 4.74 Å². The quantitative estimate of drug-likeness (QED) is 0.467. The number of hydrogen-bond acceptors (Lipinski definition) is 1. The van der Waals surface area contributed by atoms with Crippen molar-refractivity contribution in [2.75, 3.05) is 7.11 Å². The lowest BCUT2D eigenvalue weighted by molar-refractivity contribution is 0.0831. The molecular formula is C8H11BrO. The Labute approximate surface area is 69.6 Å². The highest BCUT2D eigenvalue weighted by Crippen LogP contribution is 2.44. The van der Waals surface area contributed by atoms with Gasteiger partial charge in [0, 0.05) is 17.9 Å². The highest BCUT2D eigenvalue weighted by molar-refractivity contribution is 9.09. The molecule has 0 radical (unpaired) electrons. The van der Waals surface area contributed by atoms with E-state index in [0.717, 1.165) is 5.92 Å². The summed E-state index contributed by atoms with van der Waals surface area (Å²) in [6.45, 7) is 0. The average molecular weight is 203 g/mol. The minimum atomic E-state index is 0.472. The summed E-state index contributed by atoms with van der Waals surface area (Å²) in [5.74, 6) is 1.37. The van der Waals surface area contributed by atoms with Crippen LogP contribution in [0, 0.1) is 11.8 Å². The summed E-state index contributed by atoms with van der Waals surface area (Å²) in [5.41, 5.74) is 0. The van der Waals surface area contributed by atoms with Gasteiger partial charge in [-0.1, -0.05) is 28.1 Å². The zero-order chi connectivity index (χ0) is 7.14. The number of ether oxygens (including phenoxy) is 1. The topological polar surface area (TPSA) is 9.23 Å². The fourth-order valence-corrected chi connectivity index (χ4v) is 2.89. The minimum Gasteiger partial charge on any atom is -0.381 e. The van der Waals surface area contributed by atoms with Gasteiger partial charge in [-0.3, -0.25) is 0 Å². The molecular weight excluding hydrogens is 192 g/mol. The Kier molecular flexibility index (Phi) is 1.61. The summed E-state index contributed by atoms with van der Waals surface area (Å²) in [6.07, 6.45) is 6.26. The first-order chi connectivity index (χ1) is 4.83. The van der Waals surface area contributed by atoms with Gasteiger partial charge in [-0.25, -0.2) is 0 Å². The van der Waals surface area contributed by atoms with Crippen molar-refractivity contribution < 1.29 is 4.74 Å². The molecule has 0 aromatic carbocycles. The van der Waals surface area contributed by atoms with E-state index in [1.165, 1.54) is 6.42 Å². The first kappa shape index (κ1) is 6.86. The molecule has 0 aromatic heterocycles. The Bertz CT molecular complexity index is 167. The molecule has 1 fully saturated rings. The fourth-order valence-electron chi connectivity index (χ4n) is 1.99. The van der Waals surface area contributed by atoms with Crippen LogP contribution in [0.4, 0.5) is 0 Å². The van der Waals surface area contributed by atoms with Crippen molar-refractivity contribution in [1.29, 1.82) is 0 Å². The van der Waals surface area contributed by atoms with Crippen LogP contribution in [0.1, 0.15) is 6.42 Å². The minimum absolute atomic E-state index is 0.472. The molecule has 0 unspecified atom stereocenters. The lowest BCUT2D eigenvalue weighted by Gasteiger charge is -2.15. The van der Waals surface area contributed by atoms with E-state index in [9.17, 15) is 0 Å². The van der Waals surface area contributed by atoms with Crippen LogP contribution in [0.3, 0.4) is 0 Å². The zero-order valence-electron chi connectivity index (χ0n) is 5.96. The van der Waals surface area contributed by atoms with Gasteiger partial charge in [0.25, 0.3) is 0 Å². The normalized spacial score (nSPS) is 50.6. The molecule has 0 aromatic rings. The van der Waals surface area contributed by atoms with E-state index in [0.29, 0.717) is 16.8 Å². The summed E-state index contributed by atoms with van der Waals surface area (Å²) >= 11 is 3.67. The first-order valence-corrected chi connectivity index (χ1v) is 4.59. The standard InChI is InChI=1S/C8H11BrO/c1-10-7-4-5-2-3-6(7)8(5)9/h2-3,5-8H,4H2,1H3/t5-,6+,7-,8+/m1/s1. The van der Waals surface area contributed by atoms with Crippen molar-refractivity contribution >= 4 is 15.9 Å². The molecule has 2 bridgehead atoms. The molecule has 2 aliphatic rings. The van der Waals surface area contributed by atoms with E-state index in [1.54, 1.807) is 7.11 Å². The third-order valence-corrected chi connectivity index (χ3v) is 3.88. The molecule has 0 aliphatic heterocycles. The Morgan fingerprint density at radius 3 is 2.60 bits per heavy atom. The molecule has 0 N–H and O–H groups in total. The molecule has 2 rings (SSSR count). The Hall–Kier alpha value is 0.180. The number of halogens is 1. The van der Waals surface area contributed by atoms with Gasteiger partial charge in [0.1, 0.15) is 0 Å². The van der Waals surface area contributed by atoms with Crippen LogP contribution >= 0.6 is 15.9 Å². The third-order valence-electron chi connectivity index (χ3n) is 2.59. The van der Waals surface area contributed by atoms with Gasteiger partial charge in [0.15, 0.2) is 0 Å². The maximum atomic E-state index is 5.33. The lowest BCUT2D eigenvalue weighted by atomic mass is 10.1. The molecule has 4 atom stereocenters. The molecule has 1 nitrogen and oxygen atoms in total. The van der Waals surface area contributed by atoms with Gasteiger partial charge >= 0.3 is 0 Å². The molecule has 2 heteroatoms. The SMILES string of the molecule is CO[C@@H]1C[C@H]2C=C[C@@H]1[C@H]2Br. The second-order valence-corrected chi connectivity index (χ2v) is 4.14. The monoisotopic (exact) mass is 202 g/mol. The van der Waals surface area contributed by atoms with Crippen molar-refractivity contribution in [3.8, 4) is 0 Å². The second kappa shape index (κ2) is 2.35. The number of alkyl halides is 1. The Balaban J connectivity index is 2.16. The molecule has 1 saturated carbocycles. The van der Waals surface area contributed by atoms with Crippen LogP contribution in [-0.4, -0.2) is 18.0 Å². The maximum Gasteiger partial charge on any atom is 0.0650 e. The van der Waals surface area contributed by atoms with E-state index in [1.807, 2.05) is 0 Å². The molecule has 0 amide bonds. The van der Waals surface area contributed by atoms with E-state index in [2.05, 4.69) is 28.1 Å². The van der Waals surface area contributed by atoms with Gasteiger partial charge in [-0.2, -0.15) is 0 Å². The molecule has 0 spiro atoms.